The van der Waals surface area contributed by atoms with Crippen molar-refractivity contribution in [2.75, 3.05) is 26.9 Å². The molecule has 0 radical (unpaired) electrons. The molecule has 4 nitrogen and oxygen atoms in total. The lowest BCUT2D eigenvalue weighted by molar-refractivity contribution is 0.109. The molecular formula is C12H18O4. The molecule has 0 atom stereocenters. The van der Waals surface area contributed by atoms with Gasteiger partial charge in [-0.15, -0.1) is 0 Å². The van der Waals surface area contributed by atoms with Gasteiger partial charge in [-0.25, -0.2) is 0 Å². The number of rotatable bonds is 7. The summed E-state index contributed by atoms with van der Waals surface area (Å²) in [6.45, 7) is 3.58. The fourth-order valence-electron chi connectivity index (χ4n) is 1.30. The number of hydrogen-bond acceptors (Lipinski definition) is 4. The molecule has 1 aromatic rings. The van der Waals surface area contributed by atoms with Gasteiger partial charge in [0.25, 0.3) is 0 Å². The number of benzene rings is 1. The second-order valence-corrected chi connectivity index (χ2v) is 3.18. The van der Waals surface area contributed by atoms with E-state index in [9.17, 15) is 5.11 Å². The van der Waals surface area contributed by atoms with Gasteiger partial charge in [-0.1, -0.05) is 0 Å². The van der Waals surface area contributed by atoms with E-state index in [4.69, 9.17) is 14.2 Å². The SMILES string of the molecule is CCOCCOc1ccc(OC)cc1CO. The Morgan fingerprint density at radius 1 is 1.25 bits per heavy atom. The molecule has 0 unspecified atom stereocenters. The van der Waals surface area contributed by atoms with Gasteiger partial charge in [0.15, 0.2) is 0 Å². The van der Waals surface area contributed by atoms with E-state index in [1.165, 1.54) is 0 Å². The van der Waals surface area contributed by atoms with E-state index in [1.807, 2.05) is 6.92 Å². The zero-order valence-corrected chi connectivity index (χ0v) is 9.73. The molecule has 0 aromatic heterocycles. The minimum atomic E-state index is -0.0683. The summed E-state index contributed by atoms with van der Waals surface area (Å²) in [5, 5.41) is 9.17. The van der Waals surface area contributed by atoms with Gasteiger partial charge in [-0.05, 0) is 25.1 Å². The third-order valence-electron chi connectivity index (χ3n) is 2.13. The molecule has 0 amide bonds. The van der Waals surface area contributed by atoms with Crippen LogP contribution in [0, 0.1) is 0 Å². The summed E-state index contributed by atoms with van der Waals surface area (Å²) in [5.74, 6) is 1.38. The zero-order valence-electron chi connectivity index (χ0n) is 9.73. The van der Waals surface area contributed by atoms with Crippen molar-refractivity contribution in [1.29, 1.82) is 0 Å². The van der Waals surface area contributed by atoms with Gasteiger partial charge in [-0.2, -0.15) is 0 Å². The van der Waals surface area contributed by atoms with Crippen LogP contribution in [0.1, 0.15) is 12.5 Å². The highest BCUT2D eigenvalue weighted by molar-refractivity contribution is 5.39. The van der Waals surface area contributed by atoms with Crippen molar-refractivity contribution in [2.24, 2.45) is 0 Å². The summed E-state index contributed by atoms with van der Waals surface area (Å²) in [6, 6.07) is 5.35. The summed E-state index contributed by atoms with van der Waals surface area (Å²) >= 11 is 0. The lowest BCUT2D eigenvalue weighted by atomic mass is 10.2. The van der Waals surface area contributed by atoms with Crippen LogP contribution in [-0.4, -0.2) is 32.0 Å². The van der Waals surface area contributed by atoms with Crippen LogP contribution in [0.2, 0.25) is 0 Å². The van der Waals surface area contributed by atoms with Crippen LogP contribution >= 0.6 is 0 Å². The Labute approximate surface area is 95.8 Å². The molecule has 0 fully saturated rings. The first-order chi connectivity index (χ1) is 7.81. The molecule has 0 saturated heterocycles. The largest absolute Gasteiger partial charge is 0.497 e. The third-order valence-corrected chi connectivity index (χ3v) is 2.13. The van der Waals surface area contributed by atoms with Gasteiger partial charge < -0.3 is 19.3 Å². The first-order valence-corrected chi connectivity index (χ1v) is 5.30. The number of methoxy groups -OCH3 is 1. The average molecular weight is 226 g/mol. The molecule has 0 saturated carbocycles. The maximum absolute atomic E-state index is 9.17. The highest BCUT2D eigenvalue weighted by Gasteiger charge is 2.04. The van der Waals surface area contributed by atoms with Crippen LogP contribution in [0.5, 0.6) is 11.5 Å². The van der Waals surface area contributed by atoms with Gasteiger partial charge in [0.1, 0.15) is 18.1 Å². The number of aliphatic hydroxyl groups excluding tert-OH is 1. The molecule has 0 heterocycles. The summed E-state index contributed by atoms with van der Waals surface area (Å²) in [6.07, 6.45) is 0. The molecule has 1 N–H and O–H groups in total. The lowest BCUT2D eigenvalue weighted by Crippen LogP contribution is -2.07. The highest BCUT2D eigenvalue weighted by atomic mass is 16.5. The quantitative estimate of drug-likeness (QED) is 0.717. The summed E-state index contributed by atoms with van der Waals surface area (Å²) in [4.78, 5) is 0. The number of aliphatic hydroxyl groups is 1. The Balaban J connectivity index is 2.57. The summed E-state index contributed by atoms with van der Waals surface area (Å²) in [5.41, 5.74) is 0.718. The lowest BCUT2D eigenvalue weighted by Gasteiger charge is -2.11. The normalized spacial score (nSPS) is 10.2. The van der Waals surface area contributed by atoms with Crippen LogP contribution < -0.4 is 9.47 Å². The van der Waals surface area contributed by atoms with Gasteiger partial charge >= 0.3 is 0 Å². The standard InChI is InChI=1S/C12H18O4/c1-3-15-6-7-16-12-5-4-11(14-2)8-10(12)9-13/h4-5,8,13H,3,6-7,9H2,1-2H3. The van der Waals surface area contributed by atoms with Gasteiger partial charge in [0, 0.05) is 12.2 Å². The first-order valence-electron chi connectivity index (χ1n) is 5.30. The maximum Gasteiger partial charge on any atom is 0.125 e. The van der Waals surface area contributed by atoms with Crippen molar-refractivity contribution in [2.45, 2.75) is 13.5 Å². The van der Waals surface area contributed by atoms with Crippen molar-refractivity contribution in [3.05, 3.63) is 23.8 Å². The molecule has 0 bridgehead atoms. The van der Waals surface area contributed by atoms with Crippen LogP contribution in [-0.2, 0) is 11.3 Å². The van der Waals surface area contributed by atoms with E-state index < -0.39 is 0 Å². The molecule has 16 heavy (non-hydrogen) atoms. The molecule has 0 aliphatic heterocycles. The minimum absolute atomic E-state index is 0.0683. The van der Waals surface area contributed by atoms with E-state index in [-0.39, 0.29) is 6.61 Å². The van der Waals surface area contributed by atoms with Gasteiger partial charge in [-0.3, -0.25) is 0 Å². The summed E-state index contributed by atoms with van der Waals surface area (Å²) in [7, 11) is 1.59. The fourth-order valence-corrected chi connectivity index (χ4v) is 1.30. The van der Waals surface area contributed by atoms with Crippen LogP contribution in [0.4, 0.5) is 0 Å². The smallest absolute Gasteiger partial charge is 0.125 e. The first kappa shape index (κ1) is 12.8. The monoisotopic (exact) mass is 226 g/mol. The second-order valence-electron chi connectivity index (χ2n) is 3.18. The molecule has 0 aliphatic carbocycles. The van der Waals surface area contributed by atoms with Crippen molar-refractivity contribution < 1.29 is 19.3 Å². The minimum Gasteiger partial charge on any atom is -0.497 e. The molecule has 0 aliphatic rings. The molecular weight excluding hydrogens is 208 g/mol. The van der Waals surface area contributed by atoms with E-state index in [1.54, 1.807) is 25.3 Å². The van der Waals surface area contributed by atoms with Crippen molar-refractivity contribution in [1.82, 2.24) is 0 Å². The molecule has 1 rings (SSSR count). The van der Waals surface area contributed by atoms with E-state index in [2.05, 4.69) is 0 Å². The molecule has 1 aromatic carbocycles. The average Bonchev–Trinajstić information content (AvgIpc) is 2.34. The Hall–Kier alpha value is -1.26. The number of ether oxygens (including phenoxy) is 3. The Morgan fingerprint density at radius 2 is 2.06 bits per heavy atom. The van der Waals surface area contributed by atoms with E-state index in [0.717, 1.165) is 5.56 Å². The second kappa shape index (κ2) is 7.09. The Kier molecular flexibility index (Phi) is 5.67. The fraction of sp³-hybridized carbons (Fsp3) is 0.500. The van der Waals surface area contributed by atoms with Crippen molar-refractivity contribution in [3.8, 4) is 11.5 Å². The van der Waals surface area contributed by atoms with E-state index in [0.29, 0.717) is 31.3 Å². The van der Waals surface area contributed by atoms with Crippen LogP contribution in [0.3, 0.4) is 0 Å². The summed E-state index contributed by atoms with van der Waals surface area (Å²) < 4.78 is 15.7. The third kappa shape index (κ3) is 3.72. The highest BCUT2D eigenvalue weighted by Crippen LogP contribution is 2.24. The molecule has 0 spiro atoms. The van der Waals surface area contributed by atoms with Crippen molar-refractivity contribution >= 4 is 0 Å². The van der Waals surface area contributed by atoms with Crippen LogP contribution in [0.25, 0.3) is 0 Å². The van der Waals surface area contributed by atoms with Gasteiger partial charge in [0.05, 0.1) is 20.3 Å². The van der Waals surface area contributed by atoms with E-state index >= 15 is 0 Å². The predicted molar refractivity (Wildman–Crippen MR) is 60.9 cm³/mol. The maximum atomic E-state index is 9.17. The van der Waals surface area contributed by atoms with Gasteiger partial charge in [0.2, 0.25) is 0 Å². The molecule has 90 valence electrons. The molecule has 4 heteroatoms. The number of hydrogen-bond donors (Lipinski definition) is 1. The Bertz CT molecular complexity index is 312. The zero-order chi connectivity index (χ0) is 11.8. The van der Waals surface area contributed by atoms with Crippen molar-refractivity contribution in [3.63, 3.8) is 0 Å². The topological polar surface area (TPSA) is 47.9 Å². The van der Waals surface area contributed by atoms with Crippen LogP contribution in [0.15, 0.2) is 18.2 Å². The Morgan fingerprint density at radius 3 is 2.69 bits per heavy atom. The predicted octanol–water partition coefficient (Wildman–Crippen LogP) is 1.60.